The Hall–Kier alpha value is -2.00. The fourth-order valence-electron chi connectivity index (χ4n) is 3.58. The Bertz CT molecular complexity index is 961. The van der Waals surface area contributed by atoms with Gasteiger partial charge in [-0.15, -0.1) is 5.10 Å². The van der Waals surface area contributed by atoms with Gasteiger partial charge in [0, 0.05) is 18.2 Å². The molecule has 2 aliphatic heterocycles. The highest BCUT2D eigenvalue weighted by atomic mass is 79.9. The van der Waals surface area contributed by atoms with Crippen LogP contribution < -0.4 is 5.56 Å². The van der Waals surface area contributed by atoms with Gasteiger partial charge in [0.05, 0.1) is 6.61 Å². The molecule has 0 aromatic carbocycles. The number of nitrogens with zero attached hydrogens (tertiary/aromatic N) is 4. The van der Waals surface area contributed by atoms with Crippen LogP contribution in [0.15, 0.2) is 15.3 Å². The summed E-state index contributed by atoms with van der Waals surface area (Å²) in [6, 6.07) is -0.757. The molecule has 9 heteroatoms. The number of hydrogen-bond donors (Lipinski definition) is 1. The molecule has 0 spiro atoms. The second-order valence-electron chi connectivity index (χ2n) is 6.42. The molecule has 0 fully saturated rings. The van der Waals surface area contributed by atoms with Gasteiger partial charge >= 0.3 is 5.97 Å². The molecule has 0 bridgehead atoms. The third-order valence-electron chi connectivity index (χ3n) is 4.78. The number of carboxylic acid groups (broad SMARTS) is 1. The number of hydrogen-bond acceptors (Lipinski definition) is 5. The minimum Gasteiger partial charge on any atom is -0.480 e. The number of allylic oxidation sites excluding steroid dienone is 1. The minimum absolute atomic E-state index is 0.0566. The molecule has 2 aliphatic rings. The van der Waals surface area contributed by atoms with Crippen molar-refractivity contribution in [2.45, 2.75) is 38.1 Å². The molecule has 2 aromatic rings. The van der Waals surface area contributed by atoms with Crippen LogP contribution in [0.1, 0.15) is 49.7 Å². The number of fused-ring (bicyclic) bond motifs is 3. The Morgan fingerprint density at radius 2 is 2.28 bits per heavy atom. The normalized spacial score (nSPS) is 23.4. The van der Waals surface area contributed by atoms with Crippen LogP contribution in [0.25, 0.3) is 11.4 Å². The van der Waals surface area contributed by atoms with Crippen molar-refractivity contribution in [3.63, 3.8) is 0 Å². The van der Waals surface area contributed by atoms with Crippen LogP contribution in [0.3, 0.4) is 0 Å². The average molecular weight is 409 g/mol. The average Bonchev–Trinajstić information content (AvgIpc) is 3.04. The van der Waals surface area contributed by atoms with E-state index in [1.807, 2.05) is 13.0 Å². The Labute approximate surface area is 151 Å². The maximum atomic E-state index is 12.7. The van der Waals surface area contributed by atoms with Crippen molar-refractivity contribution in [2.75, 3.05) is 13.2 Å². The first-order chi connectivity index (χ1) is 12.0. The van der Waals surface area contributed by atoms with E-state index in [4.69, 9.17) is 4.74 Å². The van der Waals surface area contributed by atoms with E-state index in [-0.39, 0.29) is 17.3 Å². The monoisotopic (exact) mass is 408 g/mol. The van der Waals surface area contributed by atoms with Crippen molar-refractivity contribution >= 4 is 33.3 Å². The highest BCUT2D eigenvalue weighted by Crippen LogP contribution is 2.39. The molecule has 2 aromatic heterocycles. The van der Waals surface area contributed by atoms with E-state index in [9.17, 15) is 14.7 Å². The summed E-state index contributed by atoms with van der Waals surface area (Å²) < 4.78 is 8.59. The van der Waals surface area contributed by atoms with Crippen LogP contribution >= 0.6 is 15.9 Å². The standard InChI is InChI=1S/C16H17BrN4O4/c1-8-7-10(15(23)24)20-12(8)11(17)14(22)21-16(20)18-13(19-21)9-3-2-5-25-6-4-9/h4,8,10H,2-3,5-7H2,1H3,(H,23,24). The van der Waals surface area contributed by atoms with Crippen LogP contribution in [0.5, 0.6) is 0 Å². The number of carboxylic acids is 1. The van der Waals surface area contributed by atoms with Crippen molar-refractivity contribution in [2.24, 2.45) is 0 Å². The molecule has 0 saturated carbocycles. The van der Waals surface area contributed by atoms with Crippen LogP contribution in [-0.4, -0.2) is 43.5 Å². The van der Waals surface area contributed by atoms with Gasteiger partial charge in [0.1, 0.15) is 10.5 Å². The number of rotatable bonds is 2. The number of aromatic nitrogens is 4. The van der Waals surface area contributed by atoms with E-state index in [0.29, 0.717) is 35.6 Å². The summed E-state index contributed by atoms with van der Waals surface area (Å²) in [5.74, 6) is -0.256. The minimum atomic E-state index is -0.935. The first kappa shape index (κ1) is 16.5. The lowest BCUT2D eigenvalue weighted by atomic mass is 10.0. The maximum Gasteiger partial charge on any atom is 0.326 e. The molecule has 2 atom stereocenters. The van der Waals surface area contributed by atoms with Crippen LogP contribution in [-0.2, 0) is 9.53 Å². The predicted octanol–water partition coefficient (Wildman–Crippen LogP) is 1.98. The lowest BCUT2D eigenvalue weighted by Crippen LogP contribution is -2.25. The maximum absolute atomic E-state index is 12.7. The predicted molar refractivity (Wildman–Crippen MR) is 92.7 cm³/mol. The summed E-state index contributed by atoms with van der Waals surface area (Å²) in [6.07, 6.45) is 3.96. The van der Waals surface area contributed by atoms with Gasteiger partial charge < -0.3 is 9.84 Å². The second-order valence-corrected chi connectivity index (χ2v) is 7.21. The molecular formula is C16H17BrN4O4. The van der Waals surface area contributed by atoms with Gasteiger partial charge in [-0.05, 0) is 40.8 Å². The molecule has 2 unspecified atom stereocenters. The van der Waals surface area contributed by atoms with Gasteiger partial charge in [-0.1, -0.05) is 13.0 Å². The molecule has 132 valence electrons. The molecule has 4 rings (SSSR count). The number of aliphatic carboxylic acids is 1. The van der Waals surface area contributed by atoms with Gasteiger partial charge in [-0.25, -0.2) is 4.79 Å². The quantitative estimate of drug-likeness (QED) is 0.815. The lowest BCUT2D eigenvalue weighted by Gasteiger charge is -2.12. The van der Waals surface area contributed by atoms with Crippen LogP contribution in [0.4, 0.5) is 0 Å². The summed E-state index contributed by atoms with van der Waals surface area (Å²) in [7, 11) is 0. The zero-order chi connectivity index (χ0) is 17.7. The molecule has 0 radical (unpaired) electrons. The van der Waals surface area contributed by atoms with E-state index < -0.39 is 12.0 Å². The Kier molecular flexibility index (Phi) is 3.99. The fraction of sp³-hybridized carbons (Fsp3) is 0.500. The first-order valence-electron chi connectivity index (χ1n) is 8.19. The lowest BCUT2D eigenvalue weighted by molar-refractivity contribution is -0.140. The largest absolute Gasteiger partial charge is 0.480 e. The first-order valence-corrected chi connectivity index (χ1v) is 8.99. The smallest absolute Gasteiger partial charge is 0.326 e. The molecule has 8 nitrogen and oxygen atoms in total. The van der Waals surface area contributed by atoms with Crippen LogP contribution in [0, 0.1) is 0 Å². The molecule has 0 aliphatic carbocycles. The van der Waals surface area contributed by atoms with Crippen molar-refractivity contribution < 1.29 is 14.6 Å². The fourth-order valence-corrected chi connectivity index (χ4v) is 4.33. The van der Waals surface area contributed by atoms with E-state index in [0.717, 1.165) is 18.4 Å². The zero-order valence-corrected chi connectivity index (χ0v) is 15.2. The summed E-state index contributed by atoms with van der Waals surface area (Å²) >= 11 is 3.34. The van der Waals surface area contributed by atoms with Crippen LogP contribution in [0.2, 0.25) is 0 Å². The third kappa shape index (κ3) is 2.53. The second kappa shape index (κ2) is 6.06. The summed E-state index contributed by atoms with van der Waals surface area (Å²) in [4.78, 5) is 28.9. The molecule has 0 amide bonds. The van der Waals surface area contributed by atoms with E-state index in [1.165, 1.54) is 4.52 Å². The van der Waals surface area contributed by atoms with E-state index in [1.54, 1.807) is 4.57 Å². The molecular weight excluding hydrogens is 392 g/mol. The highest BCUT2D eigenvalue weighted by molar-refractivity contribution is 9.10. The van der Waals surface area contributed by atoms with Crippen molar-refractivity contribution in [1.82, 2.24) is 19.2 Å². The summed E-state index contributed by atoms with van der Waals surface area (Å²) in [5, 5.41) is 14.0. The Morgan fingerprint density at radius 1 is 1.48 bits per heavy atom. The molecule has 1 N–H and O–H groups in total. The summed E-state index contributed by atoms with van der Waals surface area (Å²) in [6.45, 7) is 3.07. The molecule has 0 saturated heterocycles. The Morgan fingerprint density at radius 3 is 3.04 bits per heavy atom. The number of ether oxygens (including phenoxy) is 1. The molecule has 25 heavy (non-hydrogen) atoms. The van der Waals surface area contributed by atoms with E-state index >= 15 is 0 Å². The number of halogens is 1. The summed E-state index contributed by atoms with van der Waals surface area (Å²) in [5.41, 5.74) is 1.27. The number of carbonyl (C=O) groups is 1. The van der Waals surface area contributed by atoms with Gasteiger partial charge in [-0.2, -0.15) is 9.50 Å². The van der Waals surface area contributed by atoms with Gasteiger partial charge in [0.15, 0.2) is 5.82 Å². The van der Waals surface area contributed by atoms with E-state index in [2.05, 4.69) is 26.0 Å². The van der Waals surface area contributed by atoms with Crippen molar-refractivity contribution in [1.29, 1.82) is 0 Å². The van der Waals surface area contributed by atoms with Gasteiger partial charge in [0.25, 0.3) is 5.56 Å². The van der Waals surface area contributed by atoms with Gasteiger partial charge in [-0.3, -0.25) is 9.36 Å². The van der Waals surface area contributed by atoms with Gasteiger partial charge in [0.2, 0.25) is 5.78 Å². The zero-order valence-electron chi connectivity index (χ0n) is 13.6. The SMILES string of the molecule is CC1CC(C(=O)O)n2c1c(Br)c(=O)n1nc(C3=CCOCCC3)nc21. The van der Waals surface area contributed by atoms with Crippen molar-refractivity contribution in [3.05, 3.63) is 32.4 Å². The Balaban J connectivity index is 1.97. The molecule has 4 heterocycles. The highest BCUT2D eigenvalue weighted by Gasteiger charge is 2.37. The third-order valence-corrected chi connectivity index (χ3v) is 5.53. The topological polar surface area (TPSA) is 98.7 Å². The van der Waals surface area contributed by atoms with Crippen molar-refractivity contribution in [3.8, 4) is 0 Å².